The lowest BCUT2D eigenvalue weighted by Gasteiger charge is -1.90. The number of hydrogen-bond acceptors (Lipinski definition) is 7. The number of hydrogen-bond donors (Lipinski definition) is 1. The highest BCUT2D eigenvalue weighted by Gasteiger charge is 2.10. The van der Waals surface area contributed by atoms with Gasteiger partial charge in [0, 0.05) is 5.02 Å². The van der Waals surface area contributed by atoms with E-state index < -0.39 is 4.92 Å². The first-order valence-corrected chi connectivity index (χ1v) is 6.91. The predicted molar refractivity (Wildman–Crippen MR) is 81.2 cm³/mol. The number of anilines is 1. The van der Waals surface area contributed by atoms with Crippen LogP contribution in [-0.4, -0.2) is 16.1 Å². The maximum atomic E-state index is 10.5. The number of hydrazone groups is 1. The van der Waals surface area contributed by atoms with Crippen molar-refractivity contribution in [2.24, 2.45) is 5.10 Å². The van der Waals surface area contributed by atoms with Crippen LogP contribution >= 0.6 is 22.9 Å². The minimum absolute atomic E-state index is 0.276. The van der Waals surface area contributed by atoms with Crippen molar-refractivity contribution in [3.8, 4) is 0 Å². The quantitative estimate of drug-likeness (QED) is 0.446. The molecular weight excluding hydrogens is 316 g/mol. The maximum Gasteiger partial charge on any atom is 0.433 e. The molecule has 0 aliphatic carbocycles. The highest BCUT2D eigenvalue weighted by molar-refractivity contribution is 7.22. The van der Waals surface area contributed by atoms with Crippen LogP contribution in [0.3, 0.4) is 0 Å². The average molecular weight is 323 g/mol. The van der Waals surface area contributed by atoms with Crippen molar-refractivity contribution in [1.29, 1.82) is 0 Å². The molecule has 0 bridgehead atoms. The van der Waals surface area contributed by atoms with Crippen LogP contribution in [0.15, 0.2) is 39.9 Å². The zero-order valence-corrected chi connectivity index (χ0v) is 11.9. The minimum atomic E-state index is -0.609. The first-order valence-electron chi connectivity index (χ1n) is 5.71. The smallest absolute Gasteiger partial charge is 0.400 e. The van der Waals surface area contributed by atoms with Gasteiger partial charge in [-0.15, -0.1) is 0 Å². The molecule has 106 valence electrons. The number of thiazole rings is 1. The molecule has 0 unspecified atom stereocenters. The van der Waals surface area contributed by atoms with E-state index in [0.717, 1.165) is 10.2 Å². The molecule has 7 nitrogen and oxygen atoms in total. The van der Waals surface area contributed by atoms with E-state index in [9.17, 15) is 10.1 Å². The molecule has 1 N–H and O–H groups in total. The molecular formula is C12H7ClN4O3S. The normalized spacial score (nSPS) is 11.3. The summed E-state index contributed by atoms with van der Waals surface area (Å²) in [5.41, 5.74) is 3.56. The van der Waals surface area contributed by atoms with Gasteiger partial charge in [0.2, 0.25) is 5.13 Å². The standard InChI is InChI=1S/C12H7ClN4O3S/c13-7-1-3-9-10(5-7)21-12(15-9)16-14-6-8-2-4-11(20-8)17(18)19/h1-6H,(H,15,16)/b14-6-. The second kappa shape index (κ2) is 5.51. The second-order valence-corrected chi connectivity index (χ2v) is 5.40. The first-order chi connectivity index (χ1) is 10.1. The summed E-state index contributed by atoms with van der Waals surface area (Å²) >= 11 is 7.30. The number of nitrogens with zero attached hydrogens (tertiary/aromatic N) is 3. The highest BCUT2D eigenvalue weighted by Crippen LogP contribution is 2.28. The van der Waals surface area contributed by atoms with E-state index in [-0.39, 0.29) is 11.6 Å². The summed E-state index contributed by atoms with van der Waals surface area (Å²) < 4.78 is 5.87. The van der Waals surface area contributed by atoms with Gasteiger partial charge in [0.05, 0.1) is 22.5 Å². The number of furan rings is 1. The molecule has 1 aromatic carbocycles. The van der Waals surface area contributed by atoms with E-state index in [0.29, 0.717) is 10.2 Å². The van der Waals surface area contributed by atoms with E-state index >= 15 is 0 Å². The van der Waals surface area contributed by atoms with Crippen molar-refractivity contribution in [3.63, 3.8) is 0 Å². The van der Waals surface area contributed by atoms with Gasteiger partial charge in [-0.2, -0.15) is 5.10 Å². The molecule has 0 aliphatic rings. The Labute approximate surface area is 127 Å². The third-order valence-electron chi connectivity index (χ3n) is 2.50. The fourth-order valence-corrected chi connectivity index (χ4v) is 2.70. The second-order valence-electron chi connectivity index (χ2n) is 3.93. The van der Waals surface area contributed by atoms with Crippen molar-refractivity contribution >= 4 is 50.4 Å². The van der Waals surface area contributed by atoms with Crippen molar-refractivity contribution in [2.45, 2.75) is 0 Å². The molecule has 3 rings (SSSR count). The Morgan fingerprint density at radius 3 is 3.05 bits per heavy atom. The van der Waals surface area contributed by atoms with Gasteiger partial charge in [0.25, 0.3) is 0 Å². The molecule has 21 heavy (non-hydrogen) atoms. The third kappa shape index (κ3) is 3.01. The molecule has 0 aliphatic heterocycles. The lowest BCUT2D eigenvalue weighted by atomic mass is 10.3. The summed E-state index contributed by atoms with van der Waals surface area (Å²) in [6.45, 7) is 0. The lowest BCUT2D eigenvalue weighted by Crippen LogP contribution is -1.88. The molecule has 0 saturated heterocycles. The summed E-state index contributed by atoms with van der Waals surface area (Å²) in [6, 6.07) is 8.12. The number of fused-ring (bicyclic) bond motifs is 1. The lowest BCUT2D eigenvalue weighted by molar-refractivity contribution is -0.402. The average Bonchev–Trinajstić information content (AvgIpc) is 3.04. The SMILES string of the molecule is O=[N+]([O-])c1ccc(/C=N\Nc2nc3ccc(Cl)cc3s2)o1. The van der Waals surface area contributed by atoms with Crippen molar-refractivity contribution in [3.05, 3.63) is 51.2 Å². The summed E-state index contributed by atoms with van der Waals surface area (Å²) in [5, 5.41) is 15.6. The largest absolute Gasteiger partial charge is 0.433 e. The van der Waals surface area contributed by atoms with Crippen molar-refractivity contribution < 1.29 is 9.34 Å². The molecule has 9 heteroatoms. The summed E-state index contributed by atoms with van der Waals surface area (Å²) in [7, 11) is 0. The molecule has 0 saturated carbocycles. The number of benzene rings is 1. The number of aromatic nitrogens is 1. The van der Waals surface area contributed by atoms with Gasteiger partial charge >= 0.3 is 5.88 Å². The Balaban J connectivity index is 1.73. The van der Waals surface area contributed by atoms with Gasteiger partial charge in [-0.25, -0.2) is 4.98 Å². The van der Waals surface area contributed by atoms with Crippen molar-refractivity contribution in [1.82, 2.24) is 4.98 Å². The van der Waals surface area contributed by atoms with Gasteiger partial charge in [-0.05, 0) is 24.3 Å². The number of halogens is 1. The molecule has 0 fully saturated rings. The summed E-state index contributed by atoms with van der Waals surface area (Å²) in [6.07, 6.45) is 1.34. The Morgan fingerprint density at radius 2 is 2.29 bits per heavy atom. The van der Waals surface area contributed by atoms with Crippen molar-refractivity contribution in [2.75, 3.05) is 5.43 Å². The molecule has 2 heterocycles. The van der Waals surface area contributed by atoms with Crippen LogP contribution in [0.1, 0.15) is 5.76 Å². The minimum Gasteiger partial charge on any atom is -0.400 e. The van der Waals surface area contributed by atoms with Crippen LogP contribution in [-0.2, 0) is 0 Å². The summed E-state index contributed by atoms with van der Waals surface area (Å²) in [5.74, 6) is -0.0514. The van der Waals surface area contributed by atoms with Crippen LogP contribution in [0.2, 0.25) is 5.02 Å². The van der Waals surface area contributed by atoms with Gasteiger partial charge in [0.1, 0.15) is 4.92 Å². The number of nitrogens with one attached hydrogen (secondary N) is 1. The van der Waals surface area contributed by atoms with Crippen LogP contribution in [0, 0.1) is 10.1 Å². The van der Waals surface area contributed by atoms with Gasteiger partial charge in [0.15, 0.2) is 5.76 Å². The Hall–Kier alpha value is -2.45. The number of rotatable bonds is 4. The van der Waals surface area contributed by atoms with Crippen LogP contribution in [0.4, 0.5) is 11.0 Å². The molecule has 2 aromatic heterocycles. The molecule has 0 radical (unpaired) electrons. The Morgan fingerprint density at radius 1 is 1.43 bits per heavy atom. The van der Waals surface area contributed by atoms with Gasteiger partial charge in [-0.3, -0.25) is 15.5 Å². The summed E-state index contributed by atoms with van der Waals surface area (Å²) in [4.78, 5) is 14.2. The first kappa shape index (κ1) is 13.5. The van der Waals surface area contributed by atoms with Crippen LogP contribution < -0.4 is 5.43 Å². The monoisotopic (exact) mass is 322 g/mol. The zero-order valence-electron chi connectivity index (χ0n) is 10.3. The molecule has 3 aromatic rings. The maximum absolute atomic E-state index is 10.5. The Kier molecular flexibility index (Phi) is 3.55. The van der Waals surface area contributed by atoms with E-state index in [1.54, 1.807) is 6.07 Å². The fourth-order valence-electron chi connectivity index (χ4n) is 1.61. The van der Waals surface area contributed by atoms with E-state index in [1.807, 2.05) is 12.1 Å². The fraction of sp³-hybridized carbons (Fsp3) is 0. The molecule has 0 spiro atoms. The van der Waals surface area contributed by atoms with Gasteiger partial charge in [-0.1, -0.05) is 22.9 Å². The predicted octanol–water partition coefficient (Wildman–Crippen LogP) is 3.90. The number of nitro groups is 1. The topological polar surface area (TPSA) is 93.6 Å². The van der Waals surface area contributed by atoms with Crippen LogP contribution in [0.25, 0.3) is 10.2 Å². The zero-order chi connectivity index (χ0) is 14.8. The molecule has 0 atom stereocenters. The third-order valence-corrected chi connectivity index (χ3v) is 3.65. The molecule has 0 amide bonds. The van der Waals surface area contributed by atoms with Gasteiger partial charge < -0.3 is 4.42 Å². The van der Waals surface area contributed by atoms with E-state index in [1.165, 1.54) is 29.7 Å². The highest BCUT2D eigenvalue weighted by atomic mass is 35.5. The van der Waals surface area contributed by atoms with Crippen LogP contribution in [0.5, 0.6) is 0 Å². The van der Waals surface area contributed by atoms with E-state index in [2.05, 4.69) is 15.5 Å². The Bertz CT molecular complexity index is 842. The van der Waals surface area contributed by atoms with E-state index in [4.69, 9.17) is 16.0 Å².